The third-order valence-corrected chi connectivity index (χ3v) is 4.53. The molecule has 96 valence electrons. The van der Waals surface area contributed by atoms with Gasteiger partial charge in [0, 0.05) is 11.8 Å². The van der Waals surface area contributed by atoms with E-state index in [-0.39, 0.29) is 6.04 Å². The molecule has 18 heavy (non-hydrogen) atoms. The van der Waals surface area contributed by atoms with Crippen molar-refractivity contribution in [2.24, 2.45) is 5.73 Å². The van der Waals surface area contributed by atoms with Crippen LogP contribution in [-0.4, -0.2) is 23.1 Å². The Morgan fingerprint density at radius 3 is 2.61 bits per heavy atom. The number of hydrogen-bond acceptors (Lipinski definition) is 6. The number of thioether (sulfide) groups is 1. The molecular formula is C12H15N3OS2. The van der Waals surface area contributed by atoms with Crippen molar-refractivity contribution in [3.05, 3.63) is 34.8 Å². The predicted molar refractivity (Wildman–Crippen MR) is 75.3 cm³/mol. The van der Waals surface area contributed by atoms with E-state index in [1.54, 1.807) is 30.2 Å². The van der Waals surface area contributed by atoms with E-state index in [1.807, 2.05) is 31.2 Å². The van der Waals surface area contributed by atoms with Crippen molar-refractivity contribution in [3.63, 3.8) is 0 Å². The van der Waals surface area contributed by atoms with Gasteiger partial charge in [-0.2, -0.15) is 0 Å². The highest BCUT2D eigenvalue weighted by Crippen LogP contribution is 2.26. The molecule has 0 saturated carbocycles. The normalized spacial score (nSPS) is 12.4. The zero-order valence-electron chi connectivity index (χ0n) is 10.3. The summed E-state index contributed by atoms with van der Waals surface area (Å²) in [5.74, 6) is 1.64. The highest BCUT2D eigenvalue weighted by molar-refractivity contribution is 8.01. The van der Waals surface area contributed by atoms with Crippen molar-refractivity contribution >= 4 is 23.1 Å². The molecule has 4 nitrogen and oxygen atoms in total. The van der Waals surface area contributed by atoms with Crippen LogP contribution in [0, 0.1) is 6.92 Å². The minimum Gasteiger partial charge on any atom is -0.497 e. The number of ether oxygens (including phenoxy) is 1. The molecule has 0 saturated heterocycles. The van der Waals surface area contributed by atoms with Crippen LogP contribution in [0.1, 0.15) is 16.6 Å². The molecule has 0 fully saturated rings. The van der Waals surface area contributed by atoms with E-state index < -0.39 is 0 Å². The number of methoxy groups -OCH3 is 1. The maximum absolute atomic E-state index is 6.14. The van der Waals surface area contributed by atoms with E-state index >= 15 is 0 Å². The van der Waals surface area contributed by atoms with Crippen molar-refractivity contribution in [1.29, 1.82) is 0 Å². The first-order chi connectivity index (χ1) is 8.69. The molecule has 2 N–H and O–H groups in total. The highest BCUT2D eigenvalue weighted by atomic mass is 32.2. The number of nitrogens with zero attached hydrogens (tertiary/aromatic N) is 2. The third-order valence-electron chi connectivity index (χ3n) is 2.44. The van der Waals surface area contributed by atoms with Gasteiger partial charge in [0.2, 0.25) is 0 Å². The Morgan fingerprint density at radius 2 is 2.06 bits per heavy atom. The molecule has 1 unspecified atom stereocenters. The van der Waals surface area contributed by atoms with Crippen LogP contribution < -0.4 is 10.5 Å². The lowest BCUT2D eigenvalue weighted by molar-refractivity contribution is 0.414. The summed E-state index contributed by atoms with van der Waals surface area (Å²) in [5, 5.41) is 9.03. The third kappa shape index (κ3) is 3.44. The standard InChI is InChI=1S/C12H15N3OS2/c1-8-14-15-12(18-8)17-7-11(13)9-3-5-10(16-2)6-4-9/h3-6,11H,7,13H2,1-2H3. The SMILES string of the molecule is COc1ccc(C(N)CSc2nnc(C)s2)cc1. The zero-order valence-corrected chi connectivity index (χ0v) is 11.9. The largest absolute Gasteiger partial charge is 0.497 e. The van der Waals surface area contributed by atoms with Crippen LogP contribution in [0.3, 0.4) is 0 Å². The second kappa shape index (κ2) is 6.17. The Bertz CT molecular complexity index is 498. The molecular weight excluding hydrogens is 266 g/mol. The molecule has 0 aliphatic heterocycles. The minimum absolute atomic E-state index is 0.00916. The molecule has 0 radical (unpaired) electrons. The Balaban J connectivity index is 1.92. The smallest absolute Gasteiger partial charge is 0.174 e. The fraction of sp³-hybridized carbons (Fsp3) is 0.333. The van der Waals surface area contributed by atoms with Gasteiger partial charge in [0.25, 0.3) is 0 Å². The van der Waals surface area contributed by atoms with Crippen molar-refractivity contribution in [2.75, 3.05) is 12.9 Å². The topological polar surface area (TPSA) is 61.0 Å². The Hall–Kier alpha value is -1.11. The maximum Gasteiger partial charge on any atom is 0.174 e. The first-order valence-electron chi connectivity index (χ1n) is 5.51. The average molecular weight is 281 g/mol. The van der Waals surface area contributed by atoms with Gasteiger partial charge in [0.1, 0.15) is 10.8 Å². The lowest BCUT2D eigenvalue weighted by Crippen LogP contribution is -2.12. The highest BCUT2D eigenvalue weighted by Gasteiger charge is 2.09. The summed E-state index contributed by atoms with van der Waals surface area (Å²) in [6, 6.07) is 7.83. The zero-order chi connectivity index (χ0) is 13.0. The second-order valence-electron chi connectivity index (χ2n) is 3.78. The second-order valence-corrected chi connectivity index (χ2v) is 6.23. The molecule has 0 aliphatic carbocycles. The van der Waals surface area contributed by atoms with Gasteiger partial charge in [-0.05, 0) is 24.6 Å². The first-order valence-corrected chi connectivity index (χ1v) is 7.31. The van der Waals surface area contributed by atoms with Gasteiger partial charge in [-0.1, -0.05) is 35.2 Å². The van der Waals surface area contributed by atoms with Crippen LogP contribution in [0.25, 0.3) is 0 Å². The minimum atomic E-state index is -0.00916. The molecule has 6 heteroatoms. The molecule has 1 aromatic carbocycles. The van der Waals surface area contributed by atoms with Crippen molar-refractivity contribution in [2.45, 2.75) is 17.3 Å². The summed E-state index contributed by atoms with van der Waals surface area (Å²) in [7, 11) is 1.66. The molecule has 2 rings (SSSR count). The van der Waals surface area contributed by atoms with Gasteiger partial charge >= 0.3 is 0 Å². The summed E-state index contributed by atoms with van der Waals surface area (Å²) in [6.07, 6.45) is 0. The molecule has 0 amide bonds. The Morgan fingerprint density at radius 1 is 1.33 bits per heavy atom. The Kier molecular flexibility index (Phi) is 4.57. The number of rotatable bonds is 5. The Labute approximate surface area is 115 Å². The van der Waals surface area contributed by atoms with Crippen molar-refractivity contribution in [3.8, 4) is 5.75 Å². The number of benzene rings is 1. The number of nitrogens with two attached hydrogens (primary N) is 1. The molecule has 1 atom stereocenters. The first kappa shape index (κ1) is 13.3. The van der Waals surface area contributed by atoms with Crippen LogP contribution in [0.15, 0.2) is 28.6 Å². The monoisotopic (exact) mass is 281 g/mol. The number of aromatic nitrogens is 2. The van der Waals surface area contributed by atoms with E-state index in [1.165, 1.54) is 0 Å². The quantitative estimate of drug-likeness (QED) is 0.854. The summed E-state index contributed by atoms with van der Waals surface area (Å²) >= 11 is 3.24. The number of hydrogen-bond donors (Lipinski definition) is 1. The summed E-state index contributed by atoms with van der Waals surface area (Å²) < 4.78 is 6.09. The molecule has 2 aromatic rings. The number of aryl methyl sites for hydroxylation is 1. The van der Waals surface area contributed by atoms with Crippen LogP contribution in [0.5, 0.6) is 5.75 Å². The van der Waals surface area contributed by atoms with Gasteiger partial charge in [-0.25, -0.2) is 0 Å². The molecule has 1 heterocycles. The molecule has 0 bridgehead atoms. The van der Waals surface area contributed by atoms with Gasteiger partial charge in [-0.3, -0.25) is 0 Å². The fourth-order valence-corrected chi connectivity index (χ4v) is 3.28. The van der Waals surface area contributed by atoms with Gasteiger partial charge in [0.15, 0.2) is 4.34 Å². The van der Waals surface area contributed by atoms with Crippen LogP contribution in [0.4, 0.5) is 0 Å². The van der Waals surface area contributed by atoms with E-state index in [2.05, 4.69) is 10.2 Å². The van der Waals surface area contributed by atoms with E-state index in [0.29, 0.717) is 0 Å². The molecule has 1 aromatic heterocycles. The van der Waals surface area contributed by atoms with Gasteiger partial charge in [0.05, 0.1) is 7.11 Å². The summed E-state index contributed by atoms with van der Waals surface area (Å²) in [6.45, 7) is 1.95. The van der Waals surface area contributed by atoms with Gasteiger partial charge in [-0.15, -0.1) is 10.2 Å². The summed E-state index contributed by atoms with van der Waals surface area (Å²) in [5.41, 5.74) is 7.24. The average Bonchev–Trinajstić information content (AvgIpc) is 2.82. The molecule has 0 aliphatic rings. The van der Waals surface area contributed by atoms with E-state index in [9.17, 15) is 0 Å². The van der Waals surface area contributed by atoms with Crippen LogP contribution in [-0.2, 0) is 0 Å². The lowest BCUT2D eigenvalue weighted by Gasteiger charge is -2.11. The lowest BCUT2D eigenvalue weighted by atomic mass is 10.1. The van der Waals surface area contributed by atoms with E-state index in [0.717, 1.165) is 26.4 Å². The predicted octanol–water partition coefficient (Wildman–Crippen LogP) is 2.65. The maximum atomic E-state index is 6.14. The van der Waals surface area contributed by atoms with Crippen LogP contribution >= 0.6 is 23.1 Å². The summed E-state index contributed by atoms with van der Waals surface area (Å²) in [4.78, 5) is 0. The van der Waals surface area contributed by atoms with E-state index in [4.69, 9.17) is 10.5 Å². The van der Waals surface area contributed by atoms with Crippen LogP contribution in [0.2, 0.25) is 0 Å². The van der Waals surface area contributed by atoms with Crippen molar-refractivity contribution in [1.82, 2.24) is 10.2 Å². The fourth-order valence-electron chi connectivity index (χ4n) is 1.45. The molecule has 0 spiro atoms. The van der Waals surface area contributed by atoms with Crippen molar-refractivity contribution < 1.29 is 4.74 Å². The van der Waals surface area contributed by atoms with Gasteiger partial charge < -0.3 is 10.5 Å².